The summed E-state index contributed by atoms with van der Waals surface area (Å²) in [5.74, 6) is 0. The summed E-state index contributed by atoms with van der Waals surface area (Å²) in [4.78, 5) is 0. The van der Waals surface area contributed by atoms with Gasteiger partial charge in [0.05, 0.1) is 0 Å². The fourth-order valence-electron chi connectivity index (χ4n) is 3.14. The van der Waals surface area contributed by atoms with E-state index in [1.165, 1.54) is 0 Å². The van der Waals surface area contributed by atoms with Crippen LogP contribution in [0.15, 0.2) is 60.7 Å². The van der Waals surface area contributed by atoms with Gasteiger partial charge in [-0.3, -0.25) is 0 Å². The van der Waals surface area contributed by atoms with Crippen molar-refractivity contribution in [1.82, 2.24) is 0 Å². The molecule has 0 saturated carbocycles. The first-order valence-corrected chi connectivity index (χ1v) is 14.5. The average molecular weight is 428 g/mol. The van der Waals surface area contributed by atoms with Crippen molar-refractivity contribution in [1.29, 1.82) is 0 Å². The second kappa shape index (κ2) is 7.31. The number of rotatable bonds is 8. The van der Waals surface area contributed by atoms with E-state index in [1.807, 2.05) is 0 Å². The molecule has 0 unspecified atom stereocenters. The predicted molar refractivity (Wildman–Crippen MR) is 96.4 cm³/mol. The molecule has 2 aromatic rings. The van der Waals surface area contributed by atoms with Gasteiger partial charge >= 0.3 is 150 Å². The summed E-state index contributed by atoms with van der Waals surface area (Å²) in [6.07, 6.45) is 0. The van der Waals surface area contributed by atoms with E-state index in [0.717, 1.165) is 0 Å². The van der Waals surface area contributed by atoms with Crippen LogP contribution in [0.3, 0.4) is 0 Å². The maximum atomic E-state index is 13.1. The second-order valence-electron chi connectivity index (χ2n) is 6.39. The third-order valence-electron chi connectivity index (χ3n) is 4.42. The van der Waals surface area contributed by atoms with Gasteiger partial charge in [-0.15, -0.1) is 0 Å². The van der Waals surface area contributed by atoms with Gasteiger partial charge in [-0.2, -0.15) is 0 Å². The first-order chi connectivity index (χ1) is 11.9. The third kappa shape index (κ3) is 6.09. The molecule has 26 heavy (non-hydrogen) atoms. The number of benzene rings is 2. The molecule has 0 saturated heterocycles. The Balaban J connectivity index is 2.55. The fourth-order valence-corrected chi connectivity index (χ4v) is 12.6. The number of hydrogen-bond donors (Lipinski definition) is 0. The normalized spacial score (nSPS) is 14.7. The van der Waals surface area contributed by atoms with E-state index in [0.29, 0.717) is 10.4 Å². The van der Waals surface area contributed by atoms with Crippen molar-refractivity contribution < 1.29 is 28.8 Å². The van der Waals surface area contributed by atoms with Gasteiger partial charge in [-0.1, -0.05) is 0 Å². The molecule has 2 rings (SSSR count). The molecule has 0 spiro atoms. The van der Waals surface area contributed by atoms with E-state index in [1.54, 1.807) is 60.7 Å². The van der Waals surface area contributed by atoms with Crippen molar-refractivity contribution in [3.8, 4) is 0 Å². The maximum absolute atomic E-state index is 13.1. The second-order valence-corrected chi connectivity index (χ2v) is 14.9. The van der Waals surface area contributed by atoms with Crippen LogP contribution in [-0.2, 0) is 0 Å². The molecule has 0 aromatic heterocycles. The summed E-state index contributed by atoms with van der Waals surface area (Å²) in [7, 11) is -17.4. The Morgan fingerprint density at radius 2 is 1.04 bits per heavy atom. The molecule has 0 N–H and O–H groups in total. The first-order valence-electron chi connectivity index (χ1n) is 8.06. The zero-order chi connectivity index (χ0) is 19.5. The molecule has 144 valence electrons. The molecule has 0 aliphatic rings. The molecular weight excluding hydrogens is 409 g/mol. The van der Waals surface area contributed by atoms with Crippen molar-refractivity contribution in [2.45, 2.75) is 24.2 Å². The predicted octanol–water partition coefficient (Wildman–Crippen LogP) is 5.36. The molecule has 0 atom stereocenters. The van der Waals surface area contributed by atoms with Crippen LogP contribution in [0.4, 0.5) is 28.8 Å². The van der Waals surface area contributed by atoms with Gasteiger partial charge in [0, 0.05) is 0 Å². The quantitative estimate of drug-likeness (QED) is 0.302. The Kier molecular flexibility index (Phi) is 5.88. The van der Waals surface area contributed by atoms with Crippen LogP contribution in [0.1, 0.15) is 0 Å². The van der Waals surface area contributed by atoms with Gasteiger partial charge < -0.3 is 0 Å². The van der Waals surface area contributed by atoms with Crippen molar-refractivity contribution in [2.75, 3.05) is 0 Å². The monoisotopic (exact) mass is 427 g/mol. The van der Waals surface area contributed by atoms with Crippen LogP contribution in [0.2, 0.25) is 24.2 Å². The van der Waals surface area contributed by atoms with E-state index >= 15 is 0 Å². The first kappa shape index (κ1) is 20.9. The zero-order valence-corrected chi connectivity index (χ0v) is 16.7. The molecule has 0 radical (unpaired) electrons. The molecule has 0 nitrogen and oxygen atoms in total. The number of halogens is 7. The third-order valence-corrected chi connectivity index (χ3v) is 12.3. The summed E-state index contributed by atoms with van der Waals surface area (Å²) in [6, 6.07) is 12.3. The van der Waals surface area contributed by atoms with Crippen LogP contribution in [0.25, 0.3) is 0 Å². The van der Waals surface area contributed by atoms with Crippen molar-refractivity contribution >= 4 is 36.2 Å². The van der Waals surface area contributed by atoms with E-state index in [9.17, 15) is 28.8 Å². The van der Waals surface area contributed by atoms with E-state index in [-0.39, 0.29) is 6.04 Å². The summed E-state index contributed by atoms with van der Waals surface area (Å²) in [5.41, 5.74) is 0. The molecule has 0 aliphatic carbocycles. The molecule has 0 heterocycles. The average Bonchev–Trinajstić information content (AvgIpc) is 2.54. The Hall–Kier alpha value is -1.40. The minimum absolute atomic E-state index is 0.382. The summed E-state index contributed by atoms with van der Waals surface area (Å²) >= 11 is 0. The Bertz CT molecular complexity index is 663. The summed E-state index contributed by atoms with van der Waals surface area (Å²) in [5, 5.41) is 0.961. The topological polar surface area (TPSA) is 0 Å². The van der Waals surface area contributed by atoms with Crippen LogP contribution < -0.4 is 10.4 Å². The standard InChI is InChI=1S/C16H18F7Si3/c17-25(18,19)12-11-24(13-14-26(20,21,22)23,15-7-3-1-4-8-15)16-9-5-2-6-10-16/h1-10H,11-14H2/q-1. The molecule has 10 heteroatoms. The van der Waals surface area contributed by atoms with Crippen molar-refractivity contribution in [3.63, 3.8) is 0 Å². The van der Waals surface area contributed by atoms with Crippen molar-refractivity contribution in [2.24, 2.45) is 0 Å². The van der Waals surface area contributed by atoms with Crippen LogP contribution in [-0.4, -0.2) is 25.8 Å². The minimum atomic E-state index is -8.07. The number of hydrogen-bond acceptors (Lipinski definition) is 0. The van der Waals surface area contributed by atoms with Crippen LogP contribution >= 0.6 is 0 Å². The van der Waals surface area contributed by atoms with Gasteiger partial charge in [0.1, 0.15) is 0 Å². The van der Waals surface area contributed by atoms with Gasteiger partial charge in [-0.05, 0) is 0 Å². The Labute approximate surface area is 150 Å². The van der Waals surface area contributed by atoms with Crippen molar-refractivity contribution in [3.05, 3.63) is 60.7 Å². The van der Waals surface area contributed by atoms with Crippen LogP contribution in [0.5, 0.6) is 0 Å². The summed E-state index contributed by atoms with van der Waals surface area (Å²) < 4.78 is 91.4. The molecule has 0 fully saturated rings. The molecule has 2 aromatic carbocycles. The molecule has 0 bridgehead atoms. The van der Waals surface area contributed by atoms with E-state index < -0.39 is 44.0 Å². The molecular formula is C16H18F7Si3-. The van der Waals surface area contributed by atoms with Gasteiger partial charge in [0.15, 0.2) is 0 Å². The Morgan fingerprint density at radius 3 is 1.38 bits per heavy atom. The fraction of sp³-hybridized carbons (Fsp3) is 0.250. The van der Waals surface area contributed by atoms with Gasteiger partial charge in [0.2, 0.25) is 0 Å². The van der Waals surface area contributed by atoms with Crippen LogP contribution in [0, 0.1) is 0 Å². The van der Waals surface area contributed by atoms with Gasteiger partial charge in [0.25, 0.3) is 0 Å². The SMILES string of the molecule is F[Si](F)(F)CC[Si](CC[Si-](F)(F)(F)F)(c1ccccc1)c1ccccc1. The Morgan fingerprint density at radius 1 is 0.615 bits per heavy atom. The zero-order valence-electron chi connectivity index (χ0n) is 13.7. The molecule has 0 amide bonds. The van der Waals surface area contributed by atoms with E-state index in [2.05, 4.69) is 0 Å². The molecule has 0 aliphatic heterocycles. The summed E-state index contributed by atoms with van der Waals surface area (Å²) in [6.45, 7) is 0. The van der Waals surface area contributed by atoms with Gasteiger partial charge in [-0.25, -0.2) is 0 Å². The van der Waals surface area contributed by atoms with E-state index in [4.69, 9.17) is 0 Å².